The van der Waals surface area contributed by atoms with Crippen molar-refractivity contribution in [1.29, 1.82) is 0 Å². The van der Waals surface area contributed by atoms with Crippen molar-refractivity contribution in [1.82, 2.24) is 0 Å². The molecular formula is C13H12O4. The van der Waals surface area contributed by atoms with Gasteiger partial charge in [0.15, 0.2) is 0 Å². The molecule has 0 aliphatic carbocycles. The molecule has 0 aliphatic rings. The average Bonchev–Trinajstić information content (AvgIpc) is 2.72. The van der Waals surface area contributed by atoms with E-state index in [1.165, 1.54) is 12.1 Å². The predicted molar refractivity (Wildman–Crippen MR) is 61.7 cm³/mol. The Balaban J connectivity index is 2.25. The molecule has 0 bridgehead atoms. The van der Waals surface area contributed by atoms with Crippen molar-refractivity contribution in [3.8, 4) is 11.7 Å². The molecule has 0 saturated carbocycles. The zero-order chi connectivity index (χ0) is 12.4. The van der Waals surface area contributed by atoms with Gasteiger partial charge >= 0.3 is 5.97 Å². The van der Waals surface area contributed by atoms with Gasteiger partial charge in [-0.05, 0) is 37.1 Å². The molecule has 0 atom stereocenters. The van der Waals surface area contributed by atoms with Gasteiger partial charge in [0.25, 0.3) is 5.95 Å². The summed E-state index contributed by atoms with van der Waals surface area (Å²) < 4.78 is 10.5. The molecule has 0 aliphatic heterocycles. The first-order valence-electron chi connectivity index (χ1n) is 5.14. The van der Waals surface area contributed by atoms with Crippen LogP contribution >= 0.6 is 0 Å². The van der Waals surface area contributed by atoms with E-state index in [1.54, 1.807) is 0 Å². The van der Waals surface area contributed by atoms with Crippen LogP contribution in [-0.4, -0.2) is 11.1 Å². The maximum atomic E-state index is 10.6. The third-order valence-corrected chi connectivity index (χ3v) is 2.35. The van der Waals surface area contributed by atoms with E-state index in [-0.39, 0.29) is 11.7 Å². The summed E-state index contributed by atoms with van der Waals surface area (Å²) in [6.07, 6.45) is 0. The van der Waals surface area contributed by atoms with Crippen LogP contribution in [0.1, 0.15) is 21.7 Å². The van der Waals surface area contributed by atoms with E-state index in [2.05, 4.69) is 0 Å². The number of aryl methyl sites for hydroxylation is 2. The van der Waals surface area contributed by atoms with Crippen LogP contribution in [0.3, 0.4) is 0 Å². The van der Waals surface area contributed by atoms with Gasteiger partial charge in [0, 0.05) is 6.07 Å². The van der Waals surface area contributed by atoms with Crippen molar-refractivity contribution in [3.63, 3.8) is 0 Å². The minimum atomic E-state index is -1.11. The normalized spacial score (nSPS) is 10.2. The van der Waals surface area contributed by atoms with Crippen LogP contribution in [-0.2, 0) is 0 Å². The van der Waals surface area contributed by atoms with E-state index in [4.69, 9.17) is 14.3 Å². The Kier molecular flexibility index (Phi) is 2.87. The quantitative estimate of drug-likeness (QED) is 0.881. The lowest BCUT2D eigenvalue weighted by Gasteiger charge is -2.06. The van der Waals surface area contributed by atoms with Crippen molar-refractivity contribution in [2.45, 2.75) is 13.8 Å². The summed E-state index contributed by atoms with van der Waals surface area (Å²) in [6.45, 7) is 3.87. The van der Waals surface area contributed by atoms with Gasteiger partial charge in [-0.25, -0.2) is 4.79 Å². The van der Waals surface area contributed by atoms with Gasteiger partial charge in [0.05, 0.1) is 0 Å². The molecule has 1 aromatic carbocycles. The molecule has 1 heterocycles. The van der Waals surface area contributed by atoms with Crippen LogP contribution in [0, 0.1) is 13.8 Å². The van der Waals surface area contributed by atoms with Crippen LogP contribution in [0.2, 0.25) is 0 Å². The molecule has 1 aromatic heterocycles. The number of hydrogen-bond acceptors (Lipinski definition) is 3. The molecule has 4 heteroatoms. The number of benzene rings is 1. The number of hydrogen-bond donors (Lipinski definition) is 1. The zero-order valence-corrected chi connectivity index (χ0v) is 9.56. The van der Waals surface area contributed by atoms with Crippen LogP contribution in [0.5, 0.6) is 11.7 Å². The molecule has 0 radical (unpaired) electrons. The Morgan fingerprint density at radius 2 is 2.00 bits per heavy atom. The van der Waals surface area contributed by atoms with Crippen LogP contribution in [0.4, 0.5) is 0 Å². The second kappa shape index (κ2) is 4.33. The molecule has 1 N–H and O–H groups in total. The molecule has 4 nitrogen and oxygen atoms in total. The summed E-state index contributed by atoms with van der Waals surface area (Å²) in [4.78, 5) is 10.6. The molecule has 88 valence electrons. The lowest BCUT2D eigenvalue weighted by Crippen LogP contribution is -1.92. The van der Waals surface area contributed by atoms with Gasteiger partial charge in [-0.3, -0.25) is 0 Å². The fourth-order valence-electron chi connectivity index (χ4n) is 1.42. The highest BCUT2D eigenvalue weighted by Gasteiger charge is 2.11. The zero-order valence-electron chi connectivity index (χ0n) is 9.56. The smallest absolute Gasteiger partial charge is 0.371 e. The van der Waals surface area contributed by atoms with E-state index >= 15 is 0 Å². The topological polar surface area (TPSA) is 59.7 Å². The third-order valence-electron chi connectivity index (χ3n) is 2.35. The van der Waals surface area contributed by atoms with E-state index in [0.717, 1.165) is 11.1 Å². The first-order valence-corrected chi connectivity index (χ1v) is 5.14. The minimum Gasteiger partial charge on any atom is -0.475 e. The van der Waals surface area contributed by atoms with Gasteiger partial charge < -0.3 is 14.3 Å². The molecule has 17 heavy (non-hydrogen) atoms. The number of carboxylic acid groups (broad SMARTS) is 1. The van der Waals surface area contributed by atoms with E-state index < -0.39 is 5.97 Å². The Bertz CT molecular complexity index is 554. The third kappa shape index (κ3) is 2.47. The van der Waals surface area contributed by atoms with Crippen LogP contribution in [0.15, 0.2) is 34.7 Å². The molecule has 2 rings (SSSR count). The van der Waals surface area contributed by atoms with Crippen molar-refractivity contribution in [2.75, 3.05) is 0 Å². The van der Waals surface area contributed by atoms with Gasteiger partial charge in [-0.15, -0.1) is 0 Å². The van der Waals surface area contributed by atoms with Crippen molar-refractivity contribution >= 4 is 5.97 Å². The summed E-state index contributed by atoms with van der Waals surface area (Å²) in [6, 6.07) is 8.64. The maximum Gasteiger partial charge on any atom is 0.371 e. The molecular weight excluding hydrogens is 220 g/mol. The van der Waals surface area contributed by atoms with Crippen molar-refractivity contribution < 1.29 is 19.1 Å². The number of carbonyl (C=O) groups is 1. The van der Waals surface area contributed by atoms with E-state index in [1.807, 2.05) is 32.0 Å². The Labute approximate surface area is 98.4 Å². The lowest BCUT2D eigenvalue weighted by molar-refractivity contribution is 0.0657. The van der Waals surface area contributed by atoms with E-state index in [0.29, 0.717) is 5.75 Å². The second-order valence-electron chi connectivity index (χ2n) is 3.79. The molecule has 0 amide bonds. The monoisotopic (exact) mass is 232 g/mol. The fraction of sp³-hybridized carbons (Fsp3) is 0.154. The molecule has 0 spiro atoms. The molecule has 0 unspecified atom stereocenters. The molecule has 0 saturated heterocycles. The van der Waals surface area contributed by atoms with Crippen molar-refractivity contribution in [2.24, 2.45) is 0 Å². The molecule has 2 aromatic rings. The summed E-state index contributed by atoms with van der Waals surface area (Å²) >= 11 is 0. The number of ether oxygens (including phenoxy) is 1. The highest BCUT2D eigenvalue weighted by molar-refractivity contribution is 5.84. The molecule has 0 fully saturated rings. The number of furan rings is 1. The van der Waals surface area contributed by atoms with Crippen LogP contribution in [0.25, 0.3) is 0 Å². The summed E-state index contributed by atoms with van der Waals surface area (Å²) in [5.41, 5.74) is 2.03. The summed E-state index contributed by atoms with van der Waals surface area (Å²) in [5.74, 6) is -0.404. The standard InChI is InChI=1S/C13H12O4/c1-8-3-4-9(2)11(7-8)17-12-6-5-10(16-12)13(14)15/h3-7H,1-2H3,(H,14,15). The first-order chi connectivity index (χ1) is 8.06. The summed E-state index contributed by atoms with van der Waals surface area (Å²) in [5, 5.41) is 8.71. The minimum absolute atomic E-state index is 0.134. The van der Waals surface area contributed by atoms with Gasteiger partial charge in [-0.2, -0.15) is 0 Å². The van der Waals surface area contributed by atoms with Gasteiger partial charge in [0.1, 0.15) is 5.75 Å². The fourth-order valence-corrected chi connectivity index (χ4v) is 1.42. The largest absolute Gasteiger partial charge is 0.475 e. The second-order valence-corrected chi connectivity index (χ2v) is 3.79. The van der Waals surface area contributed by atoms with E-state index in [9.17, 15) is 4.79 Å². The highest BCUT2D eigenvalue weighted by atomic mass is 16.6. The highest BCUT2D eigenvalue weighted by Crippen LogP contribution is 2.27. The number of rotatable bonds is 3. The predicted octanol–water partition coefficient (Wildman–Crippen LogP) is 3.39. The van der Waals surface area contributed by atoms with Crippen molar-refractivity contribution in [3.05, 3.63) is 47.2 Å². The number of aromatic carboxylic acids is 1. The first kappa shape index (κ1) is 11.3. The van der Waals surface area contributed by atoms with Gasteiger partial charge in [-0.1, -0.05) is 12.1 Å². The lowest BCUT2D eigenvalue weighted by atomic mass is 10.1. The maximum absolute atomic E-state index is 10.6. The Morgan fingerprint density at radius 1 is 1.24 bits per heavy atom. The van der Waals surface area contributed by atoms with Gasteiger partial charge in [0.2, 0.25) is 5.76 Å². The SMILES string of the molecule is Cc1ccc(C)c(Oc2ccc(C(=O)O)o2)c1. The number of carboxylic acids is 1. The van der Waals surface area contributed by atoms with Crippen LogP contribution < -0.4 is 4.74 Å². The Morgan fingerprint density at radius 3 is 2.65 bits per heavy atom. The summed E-state index contributed by atoms with van der Waals surface area (Å²) in [7, 11) is 0. The Hall–Kier alpha value is -2.23. The average molecular weight is 232 g/mol.